The second-order valence-electron chi connectivity index (χ2n) is 13.6. The molecule has 6 nitrogen and oxygen atoms in total. The standard InChI is InChI=1S/C44H46N4O2/c1-45(2)35-21-13-31(14-22-35)40(32-15-23-36(24-16-32)46(3)4)29-44(42-12-10-9-11-39(42)43(49)50-44)30-41(33-17-25-37(26-18-33)47(5)6)34-19-27-38(28-20-34)48(7)8/h9-30H,1-8H3. The molecule has 50 heavy (non-hydrogen) atoms. The Morgan fingerprint density at radius 3 is 1.06 bits per heavy atom. The van der Waals surface area contributed by atoms with Crippen LogP contribution in [0.4, 0.5) is 22.7 Å². The predicted octanol–water partition coefficient (Wildman–Crippen LogP) is 8.58. The molecule has 0 saturated heterocycles. The van der Waals surface area contributed by atoms with Crippen molar-refractivity contribution in [2.24, 2.45) is 0 Å². The first-order valence-electron chi connectivity index (χ1n) is 16.9. The van der Waals surface area contributed by atoms with Crippen molar-refractivity contribution in [1.29, 1.82) is 0 Å². The van der Waals surface area contributed by atoms with Crippen molar-refractivity contribution in [3.05, 3.63) is 167 Å². The van der Waals surface area contributed by atoms with Crippen LogP contribution in [0.5, 0.6) is 0 Å². The summed E-state index contributed by atoms with van der Waals surface area (Å²) in [6, 6.07) is 41.9. The Kier molecular flexibility index (Phi) is 9.56. The fourth-order valence-corrected chi connectivity index (χ4v) is 6.37. The molecule has 254 valence electrons. The summed E-state index contributed by atoms with van der Waals surface area (Å²) in [7, 11) is 16.3. The molecule has 1 aliphatic rings. The molecule has 0 bridgehead atoms. The summed E-state index contributed by atoms with van der Waals surface area (Å²) in [4.78, 5) is 22.1. The van der Waals surface area contributed by atoms with Crippen LogP contribution in [0, 0.1) is 0 Å². The van der Waals surface area contributed by atoms with E-state index in [4.69, 9.17) is 4.74 Å². The van der Waals surface area contributed by atoms with E-state index in [0.717, 1.165) is 61.7 Å². The number of hydrogen-bond donors (Lipinski definition) is 0. The lowest BCUT2D eigenvalue weighted by Crippen LogP contribution is -2.22. The fourth-order valence-electron chi connectivity index (χ4n) is 6.37. The van der Waals surface area contributed by atoms with E-state index in [0.29, 0.717) is 5.56 Å². The van der Waals surface area contributed by atoms with Gasteiger partial charge >= 0.3 is 5.97 Å². The van der Waals surface area contributed by atoms with Crippen LogP contribution < -0.4 is 19.6 Å². The Morgan fingerprint density at radius 1 is 0.460 bits per heavy atom. The first kappa shape index (κ1) is 34.1. The minimum Gasteiger partial charge on any atom is -0.442 e. The van der Waals surface area contributed by atoms with Crippen LogP contribution in [-0.2, 0) is 10.3 Å². The van der Waals surface area contributed by atoms with Crippen molar-refractivity contribution < 1.29 is 9.53 Å². The number of esters is 1. The minimum absolute atomic E-state index is 0.344. The Morgan fingerprint density at radius 2 is 0.760 bits per heavy atom. The van der Waals surface area contributed by atoms with Gasteiger partial charge in [0, 0.05) is 84.7 Å². The number of anilines is 4. The van der Waals surface area contributed by atoms with Crippen molar-refractivity contribution in [2.45, 2.75) is 5.60 Å². The highest BCUT2D eigenvalue weighted by atomic mass is 16.6. The zero-order valence-corrected chi connectivity index (χ0v) is 30.3. The maximum atomic E-state index is 13.8. The van der Waals surface area contributed by atoms with Crippen molar-refractivity contribution in [1.82, 2.24) is 0 Å². The van der Waals surface area contributed by atoms with Gasteiger partial charge in [0.2, 0.25) is 0 Å². The maximum Gasteiger partial charge on any atom is 0.340 e. The number of ether oxygens (including phenoxy) is 1. The third-order valence-corrected chi connectivity index (χ3v) is 9.33. The van der Waals surface area contributed by atoms with Crippen molar-refractivity contribution in [3.8, 4) is 0 Å². The third-order valence-electron chi connectivity index (χ3n) is 9.33. The zero-order valence-electron chi connectivity index (χ0n) is 30.3. The Labute approximate surface area is 297 Å². The molecule has 6 rings (SSSR count). The average Bonchev–Trinajstić information content (AvgIpc) is 3.40. The summed E-state index contributed by atoms with van der Waals surface area (Å²) in [6.45, 7) is 0. The Bertz CT molecular complexity index is 1800. The van der Waals surface area contributed by atoms with E-state index in [2.05, 4.69) is 129 Å². The first-order valence-corrected chi connectivity index (χ1v) is 16.9. The number of rotatable bonds is 10. The minimum atomic E-state index is -1.21. The normalized spacial score (nSPS) is 12.8. The second kappa shape index (κ2) is 14.0. The van der Waals surface area contributed by atoms with Gasteiger partial charge in [-0.15, -0.1) is 0 Å². The highest BCUT2D eigenvalue weighted by Crippen LogP contribution is 2.45. The fraction of sp³-hybridized carbons (Fsp3) is 0.205. The summed E-state index contributed by atoms with van der Waals surface area (Å²) < 4.78 is 6.59. The van der Waals surface area contributed by atoms with Crippen LogP contribution in [0.25, 0.3) is 11.1 Å². The van der Waals surface area contributed by atoms with Crippen LogP contribution in [-0.4, -0.2) is 62.4 Å². The molecule has 0 spiro atoms. The van der Waals surface area contributed by atoms with E-state index >= 15 is 0 Å². The molecule has 0 atom stereocenters. The predicted molar refractivity (Wildman–Crippen MR) is 211 cm³/mol. The molecule has 0 aromatic heterocycles. The van der Waals surface area contributed by atoms with Crippen LogP contribution >= 0.6 is 0 Å². The molecule has 0 saturated carbocycles. The number of carbonyl (C=O) groups excluding carboxylic acids is 1. The quantitative estimate of drug-likeness (QED) is 0.140. The van der Waals surface area contributed by atoms with Crippen molar-refractivity contribution in [3.63, 3.8) is 0 Å². The highest BCUT2D eigenvalue weighted by molar-refractivity contribution is 5.97. The highest BCUT2D eigenvalue weighted by Gasteiger charge is 2.43. The summed E-state index contributed by atoms with van der Waals surface area (Å²) in [5.41, 5.74) is 10.6. The van der Waals surface area contributed by atoms with Crippen molar-refractivity contribution >= 4 is 39.9 Å². The van der Waals surface area contributed by atoms with Gasteiger partial charge in [0.25, 0.3) is 0 Å². The number of nitrogens with zero attached hydrogens (tertiary/aromatic N) is 4. The molecule has 0 radical (unpaired) electrons. The lowest BCUT2D eigenvalue weighted by molar-refractivity contribution is 0.0299. The summed E-state index contributed by atoms with van der Waals surface area (Å²) in [6.07, 6.45) is 4.27. The molecule has 0 fully saturated rings. The van der Waals surface area contributed by atoms with Crippen molar-refractivity contribution in [2.75, 3.05) is 76.0 Å². The molecule has 5 aromatic rings. The van der Waals surface area contributed by atoms with Gasteiger partial charge in [-0.05, 0) is 100 Å². The Hall–Kier alpha value is -5.75. The molecule has 0 aliphatic carbocycles. The van der Waals surface area contributed by atoms with Crippen LogP contribution in [0.3, 0.4) is 0 Å². The van der Waals surface area contributed by atoms with E-state index in [1.54, 1.807) is 0 Å². The molecule has 0 amide bonds. The molecular formula is C44H46N4O2. The monoisotopic (exact) mass is 662 g/mol. The number of cyclic esters (lactones) is 1. The van der Waals surface area contributed by atoms with Gasteiger partial charge in [-0.3, -0.25) is 0 Å². The summed E-state index contributed by atoms with van der Waals surface area (Å²) in [5, 5.41) is 0. The lowest BCUT2D eigenvalue weighted by Gasteiger charge is -2.27. The second-order valence-corrected chi connectivity index (χ2v) is 13.6. The van der Waals surface area contributed by atoms with E-state index < -0.39 is 5.60 Å². The van der Waals surface area contributed by atoms with E-state index in [9.17, 15) is 4.79 Å². The Balaban J connectivity index is 1.65. The van der Waals surface area contributed by atoms with Crippen LogP contribution in [0.2, 0.25) is 0 Å². The van der Waals surface area contributed by atoms with Gasteiger partial charge in [0.15, 0.2) is 5.60 Å². The number of hydrogen-bond acceptors (Lipinski definition) is 6. The van der Waals surface area contributed by atoms with Crippen LogP contribution in [0.15, 0.2) is 133 Å². The maximum absolute atomic E-state index is 13.8. The average molecular weight is 663 g/mol. The van der Waals surface area contributed by atoms with Gasteiger partial charge in [0.05, 0.1) is 5.56 Å². The number of benzene rings is 5. The molecular weight excluding hydrogens is 617 g/mol. The van der Waals surface area contributed by atoms with Crippen LogP contribution in [0.1, 0.15) is 38.2 Å². The molecule has 5 aromatic carbocycles. The number of fused-ring (bicyclic) bond motifs is 1. The molecule has 1 heterocycles. The van der Waals surface area contributed by atoms with Gasteiger partial charge in [-0.2, -0.15) is 0 Å². The largest absolute Gasteiger partial charge is 0.442 e. The van der Waals surface area contributed by atoms with Gasteiger partial charge in [-0.25, -0.2) is 4.79 Å². The zero-order chi connectivity index (χ0) is 35.6. The smallest absolute Gasteiger partial charge is 0.340 e. The van der Waals surface area contributed by atoms with E-state index in [1.165, 1.54) is 0 Å². The molecule has 0 N–H and O–H groups in total. The SMILES string of the molecule is CN(C)c1ccc(C(=CC2(C=C(c3ccc(N(C)C)cc3)c3ccc(N(C)C)cc3)OC(=O)c3ccccc32)c2ccc(N(C)C)cc2)cc1. The lowest BCUT2D eigenvalue weighted by atomic mass is 9.83. The summed E-state index contributed by atoms with van der Waals surface area (Å²) in [5.74, 6) is -0.344. The van der Waals surface area contributed by atoms with E-state index in [-0.39, 0.29) is 5.97 Å². The first-order chi connectivity index (χ1) is 24.0. The molecule has 6 heteroatoms. The number of carbonyl (C=O) groups is 1. The van der Waals surface area contributed by atoms with Gasteiger partial charge < -0.3 is 24.3 Å². The molecule has 0 unspecified atom stereocenters. The topological polar surface area (TPSA) is 39.3 Å². The molecule has 1 aliphatic heterocycles. The summed E-state index contributed by atoms with van der Waals surface area (Å²) >= 11 is 0. The van der Waals surface area contributed by atoms with Gasteiger partial charge in [0.1, 0.15) is 0 Å². The van der Waals surface area contributed by atoms with E-state index in [1.807, 2.05) is 80.6 Å². The van der Waals surface area contributed by atoms with Gasteiger partial charge in [-0.1, -0.05) is 66.7 Å². The third kappa shape index (κ3) is 6.88.